The van der Waals surface area contributed by atoms with E-state index in [1.807, 2.05) is 141 Å². The van der Waals surface area contributed by atoms with Crippen LogP contribution in [0.4, 0.5) is 31.5 Å². The van der Waals surface area contributed by atoms with Crippen LogP contribution in [0.2, 0.25) is 0 Å². The van der Waals surface area contributed by atoms with Gasteiger partial charge in [0.2, 0.25) is 0 Å². The smallest absolute Gasteiger partial charge is 0.258 e. The molecule has 0 saturated carbocycles. The third kappa shape index (κ3) is 16.1. The molecule has 4 aliphatic heterocycles. The maximum absolute atomic E-state index is 13.8. The Balaban J connectivity index is 0.000000116. The van der Waals surface area contributed by atoms with Gasteiger partial charge in [-0.1, -0.05) is 6.07 Å². The molecule has 11 aromatic heterocycles. The second-order valence-corrected chi connectivity index (χ2v) is 27.8. The summed E-state index contributed by atoms with van der Waals surface area (Å²) in [7, 11) is 4.84. The zero-order valence-electron chi connectivity index (χ0n) is 61.7. The van der Waals surface area contributed by atoms with Gasteiger partial charge in [-0.15, -0.1) is 0 Å². The van der Waals surface area contributed by atoms with E-state index in [1.54, 1.807) is 37.7 Å². The Kier molecular flexibility index (Phi) is 20.8. The van der Waals surface area contributed by atoms with Crippen molar-refractivity contribution < 1.29 is 18.3 Å². The van der Waals surface area contributed by atoms with Gasteiger partial charge < -0.3 is 54.7 Å². The van der Waals surface area contributed by atoms with Crippen LogP contribution in [0.3, 0.4) is 0 Å². The number of imidazole rings is 1. The van der Waals surface area contributed by atoms with E-state index in [4.69, 9.17) is 19.4 Å². The van der Waals surface area contributed by atoms with Gasteiger partial charge in [0, 0.05) is 218 Å². The quantitative estimate of drug-likeness (QED) is 0.100. The van der Waals surface area contributed by atoms with Crippen molar-refractivity contribution in [1.82, 2.24) is 78.0 Å². The Bertz CT molecular complexity index is 6000. The second-order valence-electron chi connectivity index (χ2n) is 27.8. The number of ether oxygens (including phenoxy) is 2. The van der Waals surface area contributed by atoms with E-state index in [0.29, 0.717) is 80.1 Å². The molecule has 26 nitrogen and oxygen atoms in total. The lowest BCUT2D eigenvalue weighted by Gasteiger charge is -2.33. The van der Waals surface area contributed by atoms with Gasteiger partial charge in [0.25, 0.3) is 22.2 Å². The van der Waals surface area contributed by atoms with E-state index in [0.717, 1.165) is 153 Å². The number of nitrogens with one attached hydrogen (secondary N) is 4. The molecule has 4 aliphatic rings. The highest BCUT2D eigenvalue weighted by atomic mass is 19.1. The van der Waals surface area contributed by atoms with Crippen molar-refractivity contribution in [2.75, 3.05) is 125 Å². The van der Waals surface area contributed by atoms with Crippen LogP contribution >= 0.6 is 0 Å². The number of methoxy groups -OCH3 is 2. The number of fused-ring (bicyclic) bond motifs is 6. The molecule has 4 fully saturated rings. The molecule has 4 saturated heterocycles. The van der Waals surface area contributed by atoms with Crippen LogP contribution < -0.4 is 72.6 Å². The van der Waals surface area contributed by atoms with Gasteiger partial charge in [-0.25, -0.2) is 33.7 Å². The van der Waals surface area contributed by atoms with Crippen LogP contribution in [0.5, 0.6) is 11.5 Å². The Hall–Kier alpha value is -12.2. The van der Waals surface area contributed by atoms with Gasteiger partial charge in [0.05, 0.1) is 71.0 Å². The van der Waals surface area contributed by atoms with E-state index in [1.165, 1.54) is 59.4 Å². The molecule has 28 heteroatoms. The molecule has 0 aliphatic carbocycles. The van der Waals surface area contributed by atoms with Gasteiger partial charge in [-0.3, -0.25) is 41.5 Å². The summed E-state index contributed by atoms with van der Waals surface area (Å²) in [5.41, 5.74) is 14.8. The van der Waals surface area contributed by atoms with Crippen molar-refractivity contribution in [3.05, 3.63) is 241 Å². The lowest BCUT2D eigenvalue weighted by atomic mass is 10.1. The highest BCUT2D eigenvalue weighted by Gasteiger charge is 2.22. The molecule has 109 heavy (non-hydrogen) atoms. The molecule has 0 amide bonds. The molecular formula is C81H84F2N20O6. The molecule has 0 bridgehead atoms. The minimum atomic E-state index is -0.436. The summed E-state index contributed by atoms with van der Waals surface area (Å²) in [6.45, 7) is 21.2. The molecular weight excluding hydrogens is 1390 g/mol. The molecule has 558 valence electrons. The fourth-order valence-corrected chi connectivity index (χ4v) is 14.4. The Morgan fingerprint density at radius 3 is 1.24 bits per heavy atom. The number of aromatic nitrogens is 12. The van der Waals surface area contributed by atoms with Gasteiger partial charge in [0.1, 0.15) is 51.4 Å². The van der Waals surface area contributed by atoms with Crippen LogP contribution in [0.25, 0.3) is 84.2 Å². The fraction of sp³-hybridized carbons (Fsp3) is 0.284. The number of piperazine rings is 4. The van der Waals surface area contributed by atoms with E-state index in [-0.39, 0.29) is 22.2 Å². The number of hydrogen-bond donors (Lipinski definition) is 4. The number of pyridine rings is 5. The summed E-state index contributed by atoms with van der Waals surface area (Å²) < 4.78 is 47.9. The minimum absolute atomic E-state index is 0.0726. The Morgan fingerprint density at radius 2 is 0.817 bits per heavy atom. The first-order valence-electron chi connectivity index (χ1n) is 36.4. The van der Waals surface area contributed by atoms with Crippen LogP contribution in [0, 0.1) is 25.5 Å². The van der Waals surface area contributed by atoms with Crippen LogP contribution in [-0.2, 0) is 7.05 Å². The highest BCUT2D eigenvalue weighted by Crippen LogP contribution is 2.30. The zero-order chi connectivity index (χ0) is 75.6. The van der Waals surface area contributed by atoms with Crippen LogP contribution in [-0.4, -0.2) is 175 Å². The van der Waals surface area contributed by atoms with Gasteiger partial charge in [-0.05, 0) is 124 Å². The van der Waals surface area contributed by atoms with E-state index < -0.39 is 11.6 Å². The van der Waals surface area contributed by atoms with Gasteiger partial charge >= 0.3 is 0 Å². The van der Waals surface area contributed by atoms with E-state index in [9.17, 15) is 28.0 Å². The van der Waals surface area contributed by atoms with Crippen molar-refractivity contribution in [2.24, 2.45) is 7.05 Å². The molecule has 2 atom stereocenters. The molecule has 0 spiro atoms. The molecule has 15 heterocycles. The van der Waals surface area contributed by atoms with Crippen molar-refractivity contribution in [3.63, 3.8) is 0 Å². The predicted molar refractivity (Wildman–Crippen MR) is 423 cm³/mol. The predicted octanol–water partition coefficient (Wildman–Crippen LogP) is 8.31. The molecule has 0 radical (unpaired) electrons. The third-order valence-electron chi connectivity index (χ3n) is 19.9. The molecule has 4 N–H and O–H groups in total. The number of aryl methyl sites for hydroxylation is 3. The van der Waals surface area contributed by atoms with Crippen molar-refractivity contribution in [3.8, 4) is 56.5 Å². The van der Waals surface area contributed by atoms with Crippen LogP contribution in [0.15, 0.2) is 196 Å². The molecule has 0 unspecified atom stereocenters. The zero-order valence-corrected chi connectivity index (χ0v) is 61.7. The topological polar surface area (TPSA) is 252 Å². The maximum Gasteiger partial charge on any atom is 0.258 e. The fourth-order valence-electron chi connectivity index (χ4n) is 14.4. The van der Waals surface area contributed by atoms with E-state index >= 15 is 0 Å². The van der Waals surface area contributed by atoms with E-state index in [2.05, 4.69) is 74.8 Å². The first-order chi connectivity index (χ1) is 52.8. The minimum Gasteiger partial charge on any atom is -0.497 e. The summed E-state index contributed by atoms with van der Waals surface area (Å²) in [5.74, 6) is -0.101. The van der Waals surface area contributed by atoms with Crippen molar-refractivity contribution >= 4 is 61.9 Å². The summed E-state index contributed by atoms with van der Waals surface area (Å²) in [5, 5.41) is 18.9. The average Bonchev–Trinajstić information content (AvgIpc) is 1.58. The van der Waals surface area contributed by atoms with Gasteiger partial charge in [-0.2, -0.15) is 5.10 Å². The number of hydrogen-bond acceptors (Lipinski definition) is 20. The number of rotatable bonds is 10. The number of nitrogens with zero attached hydrogens (tertiary/aromatic N) is 16. The monoisotopic (exact) mass is 1470 g/mol. The van der Waals surface area contributed by atoms with Crippen LogP contribution in [0.1, 0.15) is 25.1 Å². The largest absolute Gasteiger partial charge is 0.497 e. The van der Waals surface area contributed by atoms with Crippen molar-refractivity contribution in [2.45, 2.75) is 39.8 Å². The average molecular weight is 1470 g/mol. The second kappa shape index (κ2) is 31.3. The normalized spacial score (nSPS) is 16.1. The standard InChI is InChI=1S/2C21H22N6O.C20H21FN4O2.C19H19FN4O2/c1-14-11-26(8-7-22-14)17-4-6-20-23-19(10-21(28)27(20)13-17)15-3-5-18-16(9-15)12-25(2)24-18;1-14-9-16(12-26-11-15(2)23-21(14)26)18-10-20(28)27-13-17(3-4-19(27)24-18)25-7-5-22-6-8-25;1-13-11-24(6-5-22-13)16-3-4-19-23-18(10-20(26)25(19)12-16)14-7-15(21)9-17(8-14)27-2;1-26-16-9-13(8-14(20)10-16)17-11-19(25)24-12-15(2-3-18(24)22-17)23-6-4-21-5-7-23/h3-6,9-10,12-14,22H,7-8,11H2,1-2H3;3-4,9-13,22H,5-8H2,1-2H3;3-4,7-10,12-13,22H,5-6,11H2,1-2H3;2-3,8-12,21H,4-7H2,1H3/t14-;;13-;/m0.0./s1. The Labute approximate surface area is 625 Å². The number of halogens is 2. The highest BCUT2D eigenvalue weighted by molar-refractivity contribution is 5.84. The lowest BCUT2D eigenvalue weighted by molar-refractivity contribution is 0.411. The number of benzene rings is 3. The molecule has 18 rings (SSSR count). The SMILES string of the molecule is COc1cc(F)cc(-c2cc(=O)n3cc(N4CCNCC4)ccc3n2)c1.COc1cc(F)cc(-c2cc(=O)n3cc(N4CCN[C@@H](C)C4)ccc3n2)c1.C[C@H]1CN(c2ccc3nc(-c4ccc5nn(C)cc5c4)cc(=O)n3c2)CCN1.Cc1cn2cc(-c3cc(=O)n4cc(N5CCNCC5)ccc4n3)cc(C)c2n1. The summed E-state index contributed by atoms with van der Waals surface area (Å²) in [6, 6.07) is 39.0. The Morgan fingerprint density at radius 1 is 0.413 bits per heavy atom. The lowest BCUT2D eigenvalue weighted by Crippen LogP contribution is -2.49. The summed E-state index contributed by atoms with van der Waals surface area (Å²) >= 11 is 0. The summed E-state index contributed by atoms with van der Waals surface area (Å²) in [4.78, 5) is 83.1. The molecule has 14 aromatic rings. The maximum atomic E-state index is 13.8. The molecule has 3 aromatic carbocycles. The summed E-state index contributed by atoms with van der Waals surface area (Å²) in [6.07, 6.45) is 13.4. The third-order valence-corrected chi connectivity index (χ3v) is 19.9. The van der Waals surface area contributed by atoms with Crippen molar-refractivity contribution in [1.29, 1.82) is 0 Å². The number of anilines is 4. The first-order valence-corrected chi connectivity index (χ1v) is 36.4. The van der Waals surface area contributed by atoms with Gasteiger partial charge in [0.15, 0.2) is 0 Å². The first kappa shape index (κ1) is 72.3.